The fraction of sp³-hybridized carbons (Fsp3) is 0.0294. The lowest BCUT2D eigenvalue weighted by Crippen LogP contribution is -2.32. The Balaban J connectivity index is 1.40. The lowest BCUT2D eigenvalue weighted by atomic mass is 10.1. The van der Waals surface area contributed by atoms with Crippen molar-refractivity contribution in [2.24, 2.45) is 0 Å². The van der Waals surface area contributed by atoms with Crippen molar-refractivity contribution < 1.29 is 4.42 Å². The molecule has 1 heterocycles. The Labute approximate surface area is 218 Å². The number of benzene rings is 5. The van der Waals surface area contributed by atoms with Gasteiger partial charge in [-0.15, -0.1) is 0 Å². The van der Waals surface area contributed by atoms with Crippen LogP contribution in [0.25, 0.3) is 22.8 Å². The molecule has 0 bridgehead atoms. The molecule has 0 saturated heterocycles. The van der Waals surface area contributed by atoms with Crippen molar-refractivity contribution in [3.05, 3.63) is 157 Å². The monoisotopic (exact) mass is 496 g/mol. The second-order valence-corrected chi connectivity index (χ2v) is 12.6. The van der Waals surface area contributed by atoms with Crippen LogP contribution in [0.4, 0.5) is 0 Å². The molecule has 0 N–H and O–H groups in total. The van der Waals surface area contributed by atoms with E-state index in [2.05, 4.69) is 120 Å². The van der Waals surface area contributed by atoms with E-state index in [0.717, 1.165) is 23.0 Å². The first kappa shape index (κ1) is 23.2. The summed E-state index contributed by atoms with van der Waals surface area (Å²) in [6.07, 6.45) is 2.75. The molecule has 0 spiro atoms. The van der Waals surface area contributed by atoms with Gasteiger partial charge in [0.2, 0.25) is 5.89 Å². The van der Waals surface area contributed by atoms with Crippen LogP contribution in [-0.2, 0) is 6.16 Å². The summed E-state index contributed by atoms with van der Waals surface area (Å²) in [5, 5.41) is 4.16. The van der Waals surface area contributed by atoms with Gasteiger partial charge in [-0.1, -0.05) is 97.1 Å². The predicted molar refractivity (Wildman–Crippen MR) is 156 cm³/mol. The van der Waals surface area contributed by atoms with E-state index >= 15 is 0 Å². The molecule has 1 aromatic heterocycles. The van der Waals surface area contributed by atoms with Gasteiger partial charge in [-0.2, -0.15) is 0 Å². The molecule has 0 saturated carbocycles. The molecule has 178 valence electrons. The van der Waals surface area contributed by atoms with E-state index < -0.39 is 7.26 Å². The van der Waals surface area contributed by atoms with Crippen molar-refractivity contribution in [1.82, 2.24) is 4.98 Å². The van der Waals surface area contributed by atoms with Gasteiger partial charge in [0.05, 0.1) is 12.4 Å². The third-order valence-electron chi connectivity index (χ3n) is 6.78. The molecule has 5 aromatic carbocycles. The van der Waals surface area contributed by atoms with Crippen LogP contribution >= 0.6 is 7.26 Å². The lowest BCUT2D eigenvalue weighted by Gasteiger charge is -2.28. The highest BCUT2D eigenvalue weighted by Crippen LogP contribution is 2.58. The first-order valence-electron chi connectivity index (χ1n) is 12.5. The highest BCUT2D eigenvalue weighted by Gasteiger charge is 2.45. The number of oxazole rings is 1. The highest BCUT2D eigenvalue weighted by atomic mass is 31.2. The topological polar surface area (TPSA) is 26.0 Å². The van der Waals surface area contributed by atoms with E-state index in [0.29, 0.717) is 5.89 Å². The van der Waals surface area contributed by atoms with Gasteiger partial charge in [0.15, 0.2) is 5.76 Å². The molecule has 0 aliphatic heterocycles. The van der Waals surface area contributed by atoms with Gasteiger partial charge < -0.3 is 4.42 Å². The molecule has 6 aromatic rings. The number of hydrogen-bond donors (Lipinski definition) is 0. The summed E-state index contributed by atoms with van der Waals surface area (Å²) in [5.74, 6) is 1.42. The summed E-state index contributed by atoms with van der Waals surface area (Å²) >= 11 is 0. The molecular weight excluding hydrogens is 469 g/mol. The average Bonchev–Trinajstić information content (AvgIpc) is 3.49. The first-order chi connectivity index (χ1) is 18.3. The Hall–Kier alpha value is -4.26. The van der Waals surface area contributed by atoms with Gasteiger partial charge in [-0.05, 0) is 54.1 Å². The van der Waals surface area contributed by atoms with Crippen LogP contribution in [0.5, 0.6) is 0 Å². The zero-order valence-corrected chi connectivity index (χ0v) is 21.3. The van der Waals surface area contributed by atoms with Crippen LogP contribution < -0.4 is 15.9 Å². The normalized spacial score (nSPS) is 11.4. The summed E-state index contributed by atoms with van der Waals surface area (Å²) < 4.78 is 6.10. The zero-order chi connectivity index (χ0) is 24.9. The molecule has 0 unspecified atom stereocenters. The maximum absolute atomic E-state index is 6.10. The minimum absolute atomic E-state index is 0.641. The predicted octanol–water partition coefficient (Wildman–Crippen LogP) is 7.50. The van der Waals surface area contributed by atoms with Crippen molar-refractivity contribution >= 4 is 23.2 Å². The van der Waals surface area contributed by atoms with Crippen molar-refractivity contribution in [3.63, 3.8) is 0 Å². The average molecular weight is 497 g/mol. The number of rotatable bonds is 7. The maximum Gasteiger partial charge on any atom is 0.226 e. The van der Waals surface area contributed by atoms with Gasteiger partial charge in [0.1, 0.15) is 23.2 Å². The Bertz CT molecular complexity index is 1470. The Morgan fingerprint density at radius 1 is 0.486 bits per heavy atom. The molecule has 2 nitrogen and oxygen atoms in total. The van der Waals surface area contributed by atoms with E-state index in [1.165, 1.54) is 21.5 Å². The van der Waals surface area contributed by atoms with Crippen LogP contribution in [0.1, 0.15) is 5.56 Å². The lowest BCUT2D eigenvalue weighted by molar-refractivity contribution is 0.589. The zero-order valence-electron chi connectivity index (χ0n) is 20.4. The van der Waals surface area contributed by atoms with Crippen molar-refractivity contribution in [2.45, 2.75) is 6.16 Å². The van der Waals surface area contributed by atoms with Crippen molar-refractivity contribution in [1.29, 1.82) is 0 Å². The van der Waals surface area contributed by atoms with E-state index in [1.807, 2.05) is 36.5 Å². The minimum Gasteiger partial charge on any atom is -0.436 e. The Morgan fingerprint density at radius 2 is 0.946 bits per heavy atom. The molecule has 0 atom stereocenters. The van der Waals surface area contributed by atoms with Gasteiger partial charge in [-0.3, -0.25) is 0 Å². The first-order valence-corrected chi connectivity index (χ1v) is 14.5. The second kappa shape index (κ2) is 10.4. The van der Waals surface area contributed by atoms with Crippen molar-refractivity contribution in [3.8, 4) is 22.8 Å². The smallest absolute Gasteiger partial charge is 0.226 e. The number of aromatic nitrogens is 1. The van der Waals surface area contributed by atoms with Crippen LogP contribution in [0.3, 0.4) is 0 Å². The molecule has 3 heteroatoms. The van der Waals surface area contributed by atoms with E-state index in [4.69, 9.17) is 4.42 Å². The van der Waals surface area contributed by atoms with Gasteiger partial charge in [-0.25, -0.2) is 4.98 Å². The summed E-state index contributed by atoms with van der Waals surface area (Å²) in [4.78, 5) is 4.50. The fourth-order valence-corrected chi connectivity index (χ4v) is 9.18. The van der Waals surface area contributed by atoms with Crippen LogP contribution in [0.15, 0.2) is 156 Å². The second-order valence-electron chi connectivity index (χ2n) is 9.07. The number of nitrogens with zero attached hydrogens (tertiary/aromatic N) is 1. The summed E-state index contributed by atoms with van der Waals surface area (Å²) in [5.41, 5.74) is 3.31. The molecule has 37 heavy (non-hydrogen) atoms. The minimum atomic E-state index is -1.93. The Morgan fingerprint density at radius 3 is 1.43 bits per heavy atom. The van der Waals surface area contributed by atoms with Gasteiger partial charge >= 0.3 is 0 Å². The van der Waals surface area contributed by atoms with Crippen molar-refractivity contribution in [2.75, 3.05) is 0 Å². The van der Waals surface area contributed by atoms with Crippen LogP contribution in [0, 0.1) is 0 Å². The van der Waals surface area contributed by atoms with E-state index in [1.54, 1.807) is 0 Å². The highest BCUT2D eigenvalue weighted by molar-refractivity contribution is 7.95. The Kier molecular flexibility index (Phi) is 6.50. The quantitative estimate of drug-likeness (QED) is 0.214. The third-order valence-corrected chi connectivity index (χ3v) is 11.2. The standard InChI is InChI=1S/C34H27NOP/c1-5-13-29(14-6-1)34-35-25-33(36-34)28-23-21-27(22-24-28)26-37(30-15-7-2-8-16-30,31-17-9-3-10-18-31)32-19-11-4-12-20-32/h1-25H,26H2/q+1. The SMILES string of the molecule is c1ccc(-c2ncc(-c3ccc(C[P+](c4ccccc4)(c4ccccc4)c4ccccc4)cc3)o2)cc1. The number of hydrogen-bond acceptors (Lipinski definition) is 2. The van der Waals surface area contributed by atoms with E-state index in [-0.39, 0.29) is 0 Å². The maximum atomic E-state index is 6.10. The molecule has 6 rings (SSSR count). The van der Waals surface area contributed by atoms with E-state index in [9.17, 15) is 0 Å². The molecule has 0 amide bonds. The molecule has 0 radical (unpaired) electrons. The summed E-state index contributed by atoms with van der Waals surface area (Å²) in [6, 6.07) is 51.8. The largest absolute Gasteiger partial charge is 0.436 e. The molecule has 0 aliphatic carbocycles. The van der Waals surface area contributed by atoms with Crippen LogP contribution in [0.2, 0.25) is 0 Å². The molecular formula is C34H27NOP+. The summed E-state index contributed by atoms with van der Waals surface area (Å²) in [6.45, 7) is 0. The van der Waals surface area contributed by atoms with Gasteiger partial charge in [0.25, 0.3) is 0 Å². The molecule has 0 fully saturated rings. The fourth-order valence-electron chi connectivity index (χ4n) is 4.94. The molecule has 0 aliphatic rings. The van der Waals surface area contributed by atoms with Crippen LogP contribution in [-0.4, -0.2) is 4.98 Å². The summed E-state index contributed by atoms with van der Waals surface area (Å²) in [7, 11) is -1.93. The van der Waals surface area contributed by atoms with Gasteiger partial charge in [0, 0.05) is 11.1 Å². The third kappa shape index (κ3) is 4.65.